The quantitative estimate of drug-likeness (QED) is 0.658. The van der Waals surface area contributed by atoms with Crippen molar-refractivity contribution in [3.63, 3.8) is 0 Å². The van der Waals surface area contributed by atoms with Crippen LogP contribution >= 0.6 is 11.3 Å². The minimum Gasteiger partial charge on any atom is -0.379 e. The molecule has 0 amide bonds. The van der Waals surface area contributed by atoms with Crippen LogP contribution in [0.1, 0.15) is 31.7 Å². The number of anilines is 1. The average Bonchev–Trinajstić information content (AvgIpc) is 3.11. The molecular weight excluding hydrogens is 286 g/mol. The van der Waals surface area contributed by atoms with Crippen molar-refractivity contribution >= 4 is 32.9 Å². The van der Waals surface area contributed by atoms with Crippen molar-refractivity contribution in [3.8, 4) is 0 Å². The van der Waals surface area contributed by atoms with Gasteiger partial charge in [0.1, 0.15) is 5.69 Å². The van der Waals surface area contributed by atoms with E-state index in [1.54, 1.807) is 6.07 Å². The molecule has 0 saturated heterocycles. The highest BCUT2D eigenvalue weighted by Crippen LogP contribution is 2.52. The van der Waals surface area contributed by atoms with E-state index in [0.717, 1.165) is 21.8 Å². The van der Waals surface area contributed by atoms with Crippen LogP contribution < -0.4 is 5.32 Å². The Morgan fingerprint density at radius 3 is 2.76 bits per heavy atom. The van der Waals surface area contributed by atoms with Gasteiger partial charge in [-0.15, -0.1) is 11.3 Å². The Bertz CT molecular complexity index is 704. The molecule has 0 spiro atoms. The van der Waals surface area contributed by atoms with Crippen molar-refractivity contribution < 1.29 is 4.92 Å². The van der Waals surface area contributed by atoms with Crippen LogP contribution in [0.2, 0.25) is 0 Å². The normalized spacial score (nSPS) is 16.4. The molecule has 0 bridgehead atoms. The monoisotopic (exact) mass is 305 g/mol. The number of hydrogen-bond acceptors (Lipinski definition) is 5. The molecule has 1 saturated carbocycles. The van der Waals surface area contributed by atoms with E-state index in [2.05, 4.69) is 24.1 Å². The van der Waals surface area contributed by atoms with E-state index in [1.165, 1.54) is 24.2 Å². The largest absolute Gasteiger partial charge is 0.379 e. The summed E-state index contributed by atoms with van der Waals surface area (Å²) in [4.78, 5) is 15.4. The summed E-state index contributed by atoms with van der Waals surface area (Å²) < 4.78 is 0.870. The number of nitro benzene ring substituents is 1. The zero-order chi connectivity index (χ0) is 15.2. The highest BCUT2D eigenvalue weighted by atomic mass is 32.1. The van der Waals surface area contributed by atoms with E-state index in [1.807, 2.05) is 13.0 Å². The molecule has 1 aliphatic rings. The molecule has 1 heterocycles. The number of hydrogen-bond donors (Lipinski definition) is 1. The topological polar surface area (TPSA) is 68.1 Å². The number of nitrogens with zero attached hydrogens (tertiary/aromatic N) is 2. The number of aromatic nitrogens is 1. The number of aryl methyl sites for hydroxylation is 1. The highest BCUT2D eigenvalue weighted by molar-refractivity contribution is 7.18. The molecule has 1 N–H and O–H groups in total. The smallest absolute Gasteiger partial charge is 0.293 e. The SMILES string of the molecule is Cc1nc2cc(NCC3(C(C)C)CC3)c([N+](=O)[O-])cc2s1. The first-order valence-corrected chi connectivity index (χ1v) is 8.02. The minimum atomic E-state index is -0.314. The first-order chi connectivity index (χ1) is 9.91. The molecule has 6 heteroatoms. The van der Waals surface area contributed by atoms with Crippen LogP contribution in [0.4, 0.5) is 11.4 Å². The van der Waals surface area contributed by atoms with Crippen LogP contribution in [-0.4, -0.2) is 16.5 Å². The second-order valence-corrected chi connectivity index (χ2v) is 7.43. The van der Waals surface area contributed by atoms with E-state index in [9.17, 15) is 10.1 Å². The van der Waals surface area contributed by atoms with Gasteiger partial charge in [0, 0.05) is 12.6 Å². The Kier molecular flexibility index (Phi) is 3.36. The van der Waals surface area contributed by atoms with Crippen LogP contribution in [0.15, 0.2) is 12.1 Å². The molecule has 0 radical (unpaired) electrons. The number of fused-ring (bicyclic) bond motifs is 1. The zero-order valence-electron chi connectivity index (χ0n) is 12.5. The van der Waals surface area contributed by atoms with Crippen LogP contribution in [0.3, 0.4) is 0 Å². The van der Waals surface area contributed by atoms with Crippen molar-refractivity contribution in [1.29, 1.82) is 0 Å². The van der Waals surface area contributed by atoms with Crippen molar-refractivity contribution in [2.75, 3.05) is 11.9 Å². The van der Waals surface area contributed by atoms with Crippen molar-refractivity contribution in [1.82, 2.24) is 4.98 Å². The molecule has 0 atom stereocenters. The molecule has 0 unspecified atom stereocenters. The van der Waals surface area contributed by atoms with Gasteiger partial charge in [-0.25, -0.2) is 4.98 Å². The summed E-state index contributed by atoms with van der Waals surface area (Å²) in [5.41, 5.74) is 1.87. The maximum Gasteiger partial charge on any atom is 0.293 e. The fourth-order valence-corrected chi connectivity index (χ4v) is 3.60. The Balaban J connectivity index is 1.92. The fraction of sp³-hybridized carbons (Fsp3) is 0.533. The van der Waals surface area contributed by atoms with E-state index in [-0.39, 0.29) is 10.6 Å². The third-order valence-electron chi connectivity index (χ3n) is 4.56. The van der Waals surface area contributed by atoms with Gasteiger partial charge in [-0.2, -0.15) is 0 Å². The lowest BCUT2D eigenvalue weighted by molar-refractivity contribution is -0.383. The Morgan fingerprint density at radius 2 is 2.19 bits per heavy atom. The maximum absolute atomic E-state index is 11.3. The second-order valence-electron chi connectivity index (χ2n) is 6.20. The minimum absolute atomic E-state index is 0.144. The molecule has 1 aliphatic carbocycles. The van der Waals surface area contributed by atoms with E-state index in [0.29, 0.717) is 17.0 Å². The van der Waals surface area contributed by atoms with Crippen molar-refractivity contribution in [2.24, 2.45) is 11.3 Å². The molecule has 0 aliphatic heterocycles. The average molecular weight is 305 g/mol. The maximum atomic E-state index is 11.3. The molecule has 3 rings (SSSR count). The summed E-state index contributed by atoms with van der Waals surface area (Å²) in [6.45, 7) is 7.15. The van der Waals surface area contributed by atoms with Crippen LogP contribution in [0.25, 0.3) is 10.2 Å². The van der Waals surface area contributed by atoms with Gasteiger partial charge in [0.15, 0.2) is 0 Å². The number of nitro groups is 1. The molecule has 5 nitrogen and oxygen atoms in total. The molecule has 21 heavy (non-hydrogen) atoms. The molecule has 1 aromatic carbocycles. The third kappa shape index (κ3) is 2.60. The lowest BCUT2D eigenvalue weighted by Crippen LogP contribution is -2.21. The van der Waals surface area contributed by atoms with E-state index in [4.69, 9.17) is 0 Å². The second kappa shape index (κ2) is 4.94. The van der Waals surface area contributed by atoms with Crippen LogP contribution in [0.5, 0.6) is 0 Å². The van der Waals surface area contributed by atoms with Gasteiger partial charge in [-0.1, -0.05) is 13.8 Å². The Labute approximate surface area is 127 Å². The summed E-state index contributed by atoms with van der Waals surface area (Å²) in [6.07, 6.45) is 2.40. The lowest BCUT2D eigenvalue weighted by Gasteiger charge is -2.20. The predicted octanol–water partition coefficient (Wildman–Crippen LogP) is 4.36. The Hall–Kier alpha value is -1.69. The molecule has 2 aromatic rings. The summed E-state index contributed by atoms with van der Waals surface area (Å²) in [5, 5.41) is 15.5. The number of thiazole rings is 1. The van der Waals surface area contributed by atoms with Gasteiger partial charge in [0.25, 0.3) is 5.69 Å². The number of benzene rings is 1. The van der Waals surface area contributed by atoms with Gasteiger partial charge in [-0.05, 0) is 37.2 Å². The lowest BCUT2D eigenvalue weighted by atomic mass is 9.92. The zero-order valence-corrected chi connectivity index (χ0v) is 13.3. The molecule has 112 valence electrons. The fourth-order valence-electron chi connectivity index (χ4n) is 2.76. The number of rotatable bonds is 5. The van der Waals surface area contributed by atoms with Crippen LogP contribution in [-0.2, 0) is 0 Å². The highest BCUT2D eigenvalue weighted by Gasteiger charge is 2.45. The predicted molar refractivity (Wildman–Crippen MR) is 86.0 cm³/mol. The summed E-state index contributed by atoms with van der Waals surface area (Å²) in [6, 6.07) is 3.45. The van der Waals surface area contributed by atoms with Crippen molar-refractivity contribution in [3.05, 3.63) is 27.3 Å². The summed E-state index contributed by atoms with van der Waals surface area (Å²) in [5.74, 6) is 0.592. The molecular formula is C15H19N3O2S. The van der Waals surface area contributed by atoms with Gasteiger partial charge < -0.3 is 5.32 Å². The third-order valence-corrected chi connectivity index (χ3v) is 5.49. The first kappa shape index (κ1) is 14.3. The van der Waals surface area contributed by atoms with E-state index >= 15 is 0 Å². The van der Waals surface area contributed by atoms with Crippen LogP contribution in [0, 0.1) is 28.4 Å². The van der Waals surface area contributed by atoms with Gasteiger partial charge in [0.2, 0.25) is 0 Å². The summed E-state index contributed by atoms with van der Waals surface area (Å²) in [7, 11) is 0. The summed E-state index contributed by atoms with van der Waals surface area (Å²) >= 11 is 1.49. The van der Waals surface area contributed by atoms with Gasteiger partial charge in [-0.3, -0.25) is 10.1 Å². The molecule has 1 aromatic heterocycles. The standard InChI is InChI=1S/C15H19N3O2S/c1-9(2)15(4-5-15)8-16-11-6-12-14(21-10(3)17-12)7-13(11)18(19)20/h6-7,9,16H,4-5,8H2,1-3H3. The Morgan fingerprint density at radius 1 is 1.48 bits per heavy atom. The van der Waals surface area contributed by atoms with Gasteiger partial charge in [0.05, 0.1) is 20.1 Å². The van der Waals surface area contributed by atoms with E-state index < -0.39 is 0 Å². The van der Waals surface area contributed by atoms with Crippen molar-refractivity contribution in [2.45, 2.75) is 33.6 Å². The first-order valence-electron chi connectivity index (χ1n) is 7.21. The molecule has 1 fully saturated rings. The number of nitrogens with one attached hydrogen (secondary N) is 1. The van der Waals surface area contributed by atoms with Gasteiger partial charge >= 0.3 is 0 Å².